The van der Waals surface area contributed by atoms with Gasteiger partial charge in [0.1, 0.15) is 11.3 Å². The molecule has 102 valence electrons. The molecule has 0 amide bonds. The van der Waals surface area contributed by atoms with Crippen molar-refractivity contribution in [3.63, 3.8) is 0 Å². The Morgan fingerprint density at radius 2 is 2.00 bits per heavy atom. The van der Waals surface area contributed by atoms with Crippen molar-refractivity contribution < 1.29 is 4.74 Å². The zero-order valence-electron chi connectivity index (χ0n) is 11.1. The van der Waals surface area contributed by atoms with Gasteiger partial charge in [-0.25, -0.2) is 9.97 Å². The van der Waals surface area contributed by atoms with Crippen molar-refractivity contribution in [2.24, 2.45) is 0 Å². The van der Waals surface area contributed by atoms with Gasteiger partial charge in [-0.15, -0.1) is 0 Å². The van der Waals surface area contributed by atoms with Crippen LogP contribution in [0, 0.1) is 6.92 Å². The smallest absolute Gasteiger partial charge is 0.207 e. The van der Waals surface area contributed by atoms with E-state index >= 15 is 0 Å². The van der Waals surface area contributed by atoms with Crippen LogP contribution in [-0.4, -0.2) is 21.6 Å². The number of rotatable bonds is 2. The first kappa shape index (κ1) is 12.7. The fraction of sp³-hybridized carbons (Fsp3) is 0.143. The number of fused-ring (bicyclic) bond motifs is 1. The van der Waals surface area contributed by atoms with Crippen LogP contribution < -0.4 is 10.5 Å². The van der Waals surface area contributed by atoms with Gasteiger partial charge in [0, 0.05) is 10.7 Å². The van der Waals surface area contributed by atoms with Gasteiger partial charge in [-0.1, -0.05) is 11.6 Å². The van der Waals surface area contributed by atoms with Crippen LogP contribution in [-0.2, 0) is 0 Å². The molecule has 2 aromatic heterocycles. The van der Waals surface area contributed by atoms with Crippen molar-refractivity contribution in [1.29, 1.82) is 0 Å². The van der Waals surface area contributed by atoms with Crippen LogP contribution in [0.25, 0.3) is 16.9 Å². The third-order valence-corrected chi connectivity index (χ3v) is 3.29. The van der Waals surface area contributed by atoms with E-state index in [0.29, 0.717) is 22.4 Å². The second kappa shape index (κ2) is 4.68. The van der Waals surface area contributed by atoms with Crippen molar-refractivity contribution in [2.45, 2.75) is 6.92 Å². The lowest BCUT2D eigenvalue weighted by Gasteiger charge is -2.11. The highest BCUT2D eigenvalue weighted by atomic mass is 35.5. The molecule has 0 fully saturated rings. The Kier molecular flexibility index (Phi) is 2.99. The van der Waals surface area contributed by atoms with E-state index in [-0.39, 0.29) is 0 Å². The standard InChI is InChI=1S/C14H13ClN4O/c1-8-3-5-10-13(17-8)19(14(16)18-10)11-7-9(15)4-6-12(11)20-2/h3-7H,1-2H3,(H2,16,18). The lowest BCUT2D eigenvalue weighted by molar-refractivity contribution is 0.413. The third kappa shape index (κ3) is 1.96. The molecule has 5 nitrogen and oxygen atoms in total. The molecule has 3 rings (SSSR count). The first-order valence-corrected chi connectivity index (χ1v) is 6.43. The molecule has 6 heteroatoms. The topological polar surface area (TPSA) is 66.0 Å². The Morgan fingerprint density at radius 1 is 1.20 bits per heavy atom. The van der Waals surface area contributed by atoms with Crippen LogP contribution in [0.1, 0.15) is 5.69 Å². The number of hydrogen-bond acceptors (Lipinski definition) is 4. The van der Waals surface area contributed by atoms with E-state index in [4.69, 9.17) is 22.1 Å². The summed E-state index contributed by atoms with van der Waals surface area (Å²) in [5.74, 6) is 1.00. The number of hydrogen-bond donors (Lipinski definition) is 1. The minimum Gasteiger partial charge on any atom is -0.495 e. The molecule has 2 heterocycles. The number of benzene rings is 1. The number of anilines is 1. The van der Waals surface area contributed by atoms with Crippen molar-refractivity contribution in [1.82, 2.24) is 14.5 Å². The first-order valence-electron chi connectivity index (χ1n) is 6.05. The normalized spacial score (nSPS) is 10.9. The van der Waals surface area contributed by atoms with Gasteiger partial charge in [-0.2, -0.15) is 0 Å². The molecular weight excluding hydrogens is 276 g/mol. The lowest BCUT2D eigenvalue weighted by atomic mass is 10.3. The summed E-state index contributed by atoms with van der Waals surface area (Å²) in [6.07, 6.45) is 0. The second-order valence-electron chi connectivity index (χ2n) is 4.42. The summed E-state index contributed by atoms with van der Waals surface area (Å²) in [6, 6.07) is 9.12. The van der Waals surface area contributed by atoms with Crippen molar-refractivity contribution in [2.75, 3.05) is 12.8 Å². The largest absolute Gasteiger partial charge is 0.495 e. The molecule has 0 saturated carbocycles. The maximum atomic E-state index is 6.07. The predicted octanol–water partition coefficient (Wildman–Crippen LogP) is 2.97. The van der Waals surface area contributed by atoms with E-state index in [1.54, 1.807) is 29.9 Å². The number of imidazole rings is 1. The molecule has 0 aliphatic heterocycles. The van der Waals surface area contributed by atoms with Gasteiger partial charge in [0.25, 0.3) is 0 Å². The van der Waals surface area contributed by atoms with Gasteiger partial charge in [-0.3, -0.25) is 4.57 Å². The molecule has 2 N–H and O–H groups in total. The minimum atomic E-state index is 0.346. The summed E-state index contributed by atoms with van der Waals surface area (Å²) in [4.78, 5) is 8.81. The third-order valence-electron chi connectivity index (χ3n) is 3.05. The Balaban J connectivity index is 2.37. The van der Waals surface area contributed by atoms with Gasteiger partial charge in [0.2, 0.25) is 5.95 Å². The number of aromatic nitrogens is 3. The molecule has 0 spiro atoms. The molecule has 0 bridgehead atoms. The van der Waals surface area contributed by atoms with Crippen LogP contribution in [0.4, 0.5) is 5.95 Å². The lowest BCUT2D eigenvalue weighted by Crippen LogP contribution is -2.04. The van der Waals surface area contributed by atoms with Crippen LogP contribution in [0.5, 0.6) is 5.75 Å². The summed E-state index contributed by atoms with van der Waals surface area (Å²) >= 11 is 6.07. The summed E-state index contributed by atoms with van der Waals surface area (Å²) in [5.41, 5.74) is 9.05. The van der Waals surface area contributed by atoms with Crippen molar-refractivity contribution in [3.8, 4) is 11.4 Å². The predicted molar refractivity (Wildman–Crippen MR) is 79.6 cm³/mol. The summed E-state index contributed by atoms with van der Waals surface area (Å²) in [7, 11) is 1.60. The first-order chi connectivity index (χ1) is 9.60. The molecule has 20 heavy (non-hydrogen) atoms. The molecule has 0 atom stereocenters. The minimum absolute atomic E-state index is 0.346. The highest BCUT2D eigenvalue weighted by molar-refractivity contribution is 6.30. The van der Waals surface area contributed by atoms with Crippen molar-refractivity contribution >= 4 is 28.7 Å². The fourth-order valence-electron chi connectivity index (χ4n) is 2.14. The number of aryl methyl sites for hydroxylation is 1. The molecule has 0 unspecified atom stereocenters. The van der Waals surface area contributed by atoms with Crippen LogP contribution in [0.2, 0.25) is 5.02 Å². The molecule has 0 aliphatic carbocycles. The monoisotopic (exact) mass is 288 g/mol. The van der Waals surface area contributed by atoms with Crippen LogP contribution in [0.3, 0.4) is 0 Å². The van der Waals surface area contributed by atoms with E-state index in [2.05, 4.69) is 9.97 Å². The maximum Gasteiger partial charge on any atom is 0.207 e. The molecule has 0 radical (unpaired) electrons. The zero-order valence-corrected chi connectivity index (χ0v) is 11.8. The van der Waals surface area contributed by atoms with Gasteiger partial charge < -0.3 is 10.5 Å². The highest BCUT2D eigenvalue weighted by Gasteiger charge is 2.15. The SMILES string of the molecule is COc1ccc(Cl)cc1-n1c(N)nc2ccc(C)nc21. The van der Waals surface area contributed by atoms with Gasteiger partial charge in [-0.05, 0) is 37.3 Å². The molecule has 0 saturated heterocycles. The fourth-order valence-corrected chi connectivity index (χ4v) is 2.31. The van der Waals surface area contributed by atoms with E-state index in [1.807, 2.05) is 19.1 Å². The zero-order chi connectivity index (χ0) is 14.3. The van der Waals surface area contributed by atoms with Gasteiger partial charge >= 0.3 is 0 Å². The Labute approximate surface area is 121 Å². The molecule has 3 aromatic rings. The molecule has 0 aliphatic rings. The number of nitrogens with zero attached hydrogens (tertiary/aromatic N) is 3. The number of nitrogen functional groups attached to an aromatic ring is 1. The number of ether oxygens (including phenoxy) is 1. The summed E-state index contributed by atoms with van der Waals surface area (Å²) < 4.78 is 7.11. The van der Waals surface area contributed by atoms with Gasteiger partial charge in [0.05, 0.1) is 12.8 Å². The number of nitrogens with two attached hydrogens (primary N) is 1. The van der Waals surface area contributed by atoms with E-state index in [9.17, 15) is 0 Å². The Morgan fingerprint density at radius 3 is 2.75 bits per heavy atom. The number of pyridine rings is 1. The van der Waals surface area contributed by atoms with Crippen LogP contribution >= 0.6 is 11.6 Å². The van der Waals surface area contributed by atoms with E-state index < -0.39 is 0 Å². The Bertz CT molecular complexity index is 797. The van der Waals surface area contributed by atoms with E-state index in [0.717, 1.165) is 16.9 Å². The molecule has 1 aromatic carbocycles. The quantitative estimate of drug-likeness (QED) is 0.787. The second-order valence-corrected chi connectivity index (χ2v) is 4.85. The average molecular weight is 289 g/mol. The number of halogens is 1. The maximum absolute atomic E-state index is 6.07. The van der Waals surface area contributed by atoms with Gasteiger partial charge in [0.15, 0.2) is 5.65 Å². The van der Waals surface area contributed by atoms with Crippen molar-refractivity contribution in [3.05, 3.63) is 41.0 Å². The van der Waals surface area contributed by atoms with E-state index in [1.165, 1.54) is 0 Å². The molecular formula is C14H13ClN4O. The Hall–Kier alpha value is -2.27. The van der Waals surface area contributed by atoms with Crippen LogP contribution in [0.15, 0.2) is 30.3 Å². The summed E-state index contributed by atoms with van der Waals surface area (Å²) in [5, 5.41) is 0.592. The number of methoxy groups -OCH3 is 1. The highest BCUT2D eigenvalue weighted by Crippen LogP contribution is 2.31. The average Bonchev–Trinajstić information content (AvgIpc) is 2.74. The summed E-state index contributed by atoms with van der Waals surface area (Å²) in [6.45, 7) is 1.92.